The quantitative estimate of drug-likeness (QED) is 0.608. The van der Waals surface area contributed by atoms with Crippen LogP contribution in [0.15, 0.2) is 30.3 Å². The van der Waals surface area contributed by atoms with Gasteiger partial charge in [0.25, 0.3) is 0 Å². The van der Waals surface area contributed by atoms with Gasteiger partial charge in [-0.2, -0.15) is 0 Å². The fraction of sp³-hybridized carbons (Fsp3) is 0.500. The maximum absolute atomic E-state index is 12.7. The lowest BCUT2D eigenvalue weighted by Gasteiger charge is -2.34. The highest BCUT2D eigenvalue weighted by molar-refractivity contribution is 6.07. The van der Waals surface area contributed by atoms with Crippen LogP contribution < -0.4 is 5.32 Å². The number of nitrogens with one attached hydrogen (secondary N) is 1. The molecule has 0 spiro atoms. The summed E-state index contributed by atoms with van der Waals surface area (Å²) in [4.78, 5) is 39.3. The topological polar surface area (TPSA) is 69.7 Å². The molecule has 1 aromatic rings. The Labute approximate surface area is 141 Å². The average molecular weight is 329 g/mol. The Balaban J connectivity index is 1.50. The van der Waals surface area contributed by atoms with Crippen molar-refractivity contribution in [2.24, 2.45) is 5.41 Å². The SMILES string of the molecule is O=CN1CCN(C(=O)C2(C(=O)NCCc3ccccc3)CC2)CC1. The van der Waals surface area contributed by atoms with Gasteiger partial charge < -0.3 is 15.1 Å². The molecule has 1 N–H and O–H groups in total. The molecular formula is C18H23N3O3. The minimum absolute atomic E-state index is 0.0785. The number of piperazine rings is 1. The number of hydrogen-bond acceptors (Lipinski definition) is 3. The minimum Gasteiger partial charge on any atom is -0.355 e. The molecule has 1 aromatic carbocycles. The molecular weight excluding hydrogens is 306 g/mol. The molecule has 0 radical (unpaired) electrons. The van der Waals surface area contributed by atoms with Crippen LogP contribution in [-0.2, 0) is 20.8 Å². The molecule has 2 fully saturated rings. The summed E-state index contributed by atoms with van der Waals surface area (Å²) in [6, 6.07) is 9.96. The van der Waals surface area contributed by atoms with Crippen LogP contribution in [0.3, 0.4) is 0 Å². The smallest absolute Gasteiger partial charge is 0.238 e. The van der Waals surface area contributed by atoms with Crippen molar-refractivity contribution in [3.05, 3.63) is 35.9 Å². The van der Waals surface area contributed by atoms with Crippen LogP contribution in [0.25, 0.3) is 0 Å². The first-order chi connectivity index (χ1) is 11.7. The highest BCUT2D eigenvalue weighted by Crippen LogP contribution is 2.47. The summed E-state index contributed by atoms with van der Waals surface area (Å²) in [6.45, 7) is 2.64. The minimum atomic E-state index is -0.861. The molecule has 3 rings (SSSR count). The molecule has 1 aliphatic heterocycles. The summed E-state index contributed by atoms with van der Waals surface area (Å²) in [5.74, 6) is -0.230. The third kappa shape index (κ3) is 3.42. The van der Waals surface area contributed by atoms with E-state index in [-0.39, 0.29) is 11.8 Å². The first kappa shape index (κ1) is 16.5. The second kappa shape index (κ2) is 7.03. The molecule has 3 amide bonds. The first-order valence-electron chi connectivity index (χ1n) is 8.47. The average Bonchev–Trinajstić information content (AvgIpc) is 3.44. The molecule has 6 heteroatoms. The van der Waals surface area contributed by atoms with Gasteiger partial charge in [-0.1, -0.05) is 30.3 Å². The number of nitrogens with zero attached hydrogens (tertiary/aromatic N) is 2. The van der Waals surface area contributed by atoms with Gasteiger partial charge in [-0.15, -0.1) is 0 Å². The Bertz CT molecular complexity index is 605. The molecule has 128 valence electrons. The van der Waals surface area contributed by atoms with Gasteiger partial charge in [0.15, 0.2) is 0 Å². The summed E-state index contributed by atoms with van der Waals surface area (Å²) in [7, 11) is 0. The number of benzene rings is 1. The van der Waals surface area contributed by atoms with Crippen molar-refractivity contribution >= 4 is 18.2 Å². The molecule has 0 aromatic heterocycles. The summed E-state index contributed by atoms with van der Waals surface area (Å²) < 4.78 is 0. The van der Waals surface area contributed by atoms with Gasteiger partial charge in [0.05, 0.1) is 0 Å². The molecule has 1 heterocycles. The van der Waals surface area contributed by atoms with Gasteiger partial charge in [-0.05, 0) is 24.8 Å². The van der Waals surface area contributed by atoms with Crippen LogP contribution >= 0.6 is 0 Å². The first-order valence-corrected chi connectivity index (χ1v) is 8.47. The normalized spacial score (nSPS) is 18.8. The zero-order valence-corrected chi connectivity index (χ0v) is 13.7. The van der Waals surface area contributed by atoms with Crippen LogP contribution in [0.2, 0.25) is 0 Å². The van der Waals surface area contributed by atoms with Crippen molar-refractivity contribution < 1.29 is 14.4 Å². The second-order valence-corrected chi connectivity index (χ2v) is 6.51. The van der Waals surface area contributed by atoms with Crippen molar-refractivity contribution in [2.75, 3.05) is 32.7 Å². The van der Waals surface area contributed by atoms with Gasteiger partial charge in [-0.3, -0.25) is 14.4 Å². The molecule has 1 saturated heterocycles. The van der Waals surface area contributed by atoms with Gasteiger partial charge >= 0.3 is 0 Å². The van der Waals surface area contributed by atoms with E-state index in [9.17, 15) is 14.4 Å². The molecule has 0 unspecified atom stereocenters. The fourth-order valence-electron chi connectivity index (χ4n) is 3.13. The second-order valence-electron chi connectivity index (χ2n) is 6.51. The molecule has 6 nitrogen and oxygen atoms in total. The molecule has 1 aliphatic carbocycles. The predicted molar refractivity (Wildman–Crippen MR) is 89.0 cm³/mol. The summed E-state index contributed by atoms with van der Waals surface area (Å²) in [5.41, 5.74) is 0.305. The Morgan fingerprint density at radius 2 is 1.75 bits per heavy atom. The van der Waals surface area contributed by atoms with Gasteiger partial charge in [0, 0.05) is 32.7 Å². The predicted octanol–water partition coefficient (Wildman–Crippen LogP) is 0.426. The largest absolute Gasteiger partial charge is 0.355 e. The zero-order chi connectivity index (χ0) is 17.0. The van der Waals surface area contributed by atoms with E-state index in [0.717, 1.165) is 12.8 Å². The van der Waals surface area contributed by atoms with Crippen molar-refractivity contribution in [2.45, 2.75) is 19.3 Å². The van der Waals surface area contributed by atoms with Gasteiger partial charge in [-0.25, -0.2) is 0 Å². The highest BCUT2D eigenvalue weighted by atomic mass is 16.2. The number of carbonyl (C=O) groups is 3. The maximum atomic E-state index is 12.7. The van der Waals surface area contributed by atoms with E-state index in [1.165, 1.54) is 5.56 Å². The van der Waals surface area contributed by atoms with Crippen LogP contribution in [-0.4, -0.2) is 60.7 Å². The van der Waals surface area contributed by atoms with E-state index in [1.807, 2.05) is 30.3 Å². The Kier molecular flexibility index (Phi) is 4.83. The van der Waals surface area contributed by atoms with Crippen molar-refractivity contribution in [3.63, 3.8) is 0 Å². The Morgan fingerprint density at radius 3 is 2.33 bits per heavy atom. The van der Waals surface area contributed by atoms with E-state index in [2.05, 4.69) is 5.32 Å². The van der Waals surface area contributed by atoms with E-state index in [1.54, 1.807) is 9.80 Å². The van der Waals surface area contributed by atoms with Crippen molar-refractivity contribution in [3.8, 4) is 0 Å². The van der Waals surface area contributed by atoms with Crippen LogP contribution in [0, 0.1) is 5.41 Å². The molecule has 1 saturated carbocycles. The Hall–Kier alpha value is -2.37. The standard InChI is InChI=1S/C18H23N3O3/c22-14-20-10-12-21(13-11-20)17(24)18(7-8-18)16(23)19-9-6-15-4-2-1-3-5-15/h1-5,14H,6-13H2,(H,19,23). The summed E-state index contributed by atoms with van der Waals surface area (Å²) in [5, 5.41) is 2.92. The third-order valence-electron chi connectivity index (χ3n) is 4.89. The third-order valence-corrected chi connectivity index (χ3v) is 4.89. The lowest BCUT2D eigenvalue weighted by molar-refractivity contribution is -0.146. The molecule has 24 heavy (non-hydrogen) atoms. The lowest BCUT2D eigenvalue weighted by Crippen LogP contribution is -2.53. The number of carbonyl (C=O) groups excluding carboxylic acids is 3. The van der Waals surface area contributed by atoms with Crippen LogP contribution in [0.5, 0.6) is 0 Å². The van der Waals surface area contributed by atoms with E-state index in [0.29, 0.717) is 45.6 Å². The van der Waals surface area contributed by atoms with Gasteiger partial charge in [0.1, 0.15) is 5.41 Å². The van der Waals surface area contributed by atoms with Gasteiger partial charge in [0.2, 0.25) is 18.2 Å². The van der Waals surface area contributed by atoms with Crippen LogP contribution in [0.4, 0.5) is 0 Å². The number of rotatable bonds is 6. The molecule has 0 atom stereocenters. The number of hydrogen-bond donors (Lipinski definition) is 1. The maximum Gasteiger partial charge on any atom is 0.238 e. The fourth-order valence-corrected chi connectivity index (χ4v) is 3.13. The van der Waals surface area contributed by atoms with E-state index >= 15 is 0 Å². The molecule has 0 bridgehead atoms. The zero-order valence-electron chi connectivity index (χ0n) is 13.7. The summed E-state index contributed by atoms with van der Waals surface area (Å²) >= 11 is 0. The Morgan fingerprint density at radius 1 is 1.08 bits per heavy atom. The lowest BCUT2D eigenvalue weighted by atomic mass is 10.0. The molecule has 2 aliphatic rings. The van der Waals surface area contributed by atoms with Crippen molar-refractivity contribution in [1.29, 1.82) is 0 Å². The summed E-state index contributed by atoms with van der Waals surface area (Å²) in [6.07, 6.45) is 2.81. The monoisotopic (exact) mass is 329 g/mol. The van der Waals surface area contributed by atoms with E-state index < -0.39 is 5.41 Å². The number of amides is 3. The van der Waals surface area contributed by atoms with Crippen molar-refractivity contribution in [1.82, 2.24) is 15.1 Å². The van der Waals surface area contributed by atoms with Crippen LogP contribution in [0.1, 0.15) is 18.4 Å². The highest BCUT2D eigenvalue weighted by Gasteiger charge is 2.57. The van der Waals surface area contributed by atoms with E-state index in [4.69, 9.17) is 0 Å².